The lowest BCUT2D eigenvalue weighted by Gasteiger charge is -2.04. The first-order valence-corrected chi connectivity index (χ1v) is 7.83. The molecule has 0 aliphatic heterocycles. The Bertz CT molecular complexity index is 866. The van der Waals surface area contributed by atoms with Crippen LogP contribution in [0.4, 0.5) is 10.1 Å². The minimum absolute atomic E-state index is 0.107. The zero-order chi connectivity index (χ0) is 17.3. The Labute approximate surface area is 143 Å². The maximum atomic E-state index is 13.1. The van der Waals surface area contributed by atoms with Crippen molar-refractivity contribution >= 4 is 29.3 Å². The SMILES string of the molecule is C[C@@H]1C[C@@H]1c1ccc(/C=C(\C#N)C(=O)Nc2ccc(F)c(Cl)c2)o1. The van der Waals surface area contributed by atoms with Crippen LogP contribution in [-0.4, -0.2) is 5.91 Å². The molecule has 0 unspecified atom stereocenters. The Kier molecular flexibility index (Phi) is 4.41. The summed E-state index contributed by atoms with van der Waals surface area (Å²) in [5.74, 6) is 1.16. The van der Waals surface area contributed by atoms with Crippen molar-refractivity contribution in [3.63, 3.8) is 0 Å². The van der Waals surface area contributed by atoms with E-state index >= 15 is 0 Å². The fourth-order valence-electron chi connectivity index (χ4n) is 2.43. The molecule has 1 saturated carbocycles. The standard InChI is InChI=1S/C18H14ClFN2O2/c1-10-6-14(10)17-5-3-13(24-17)7-11(9-21)18(23)22-12-2-4-16(20)15(19)8-12/h2-5,7-8,10,14H,6H2,1H3,(H,22,23)/b11-7+/t10-,14+/m1/s1. The minimum atomic E-state index is -0.613. The van der Waals surface area contributed by atoms with E-state index < -0.39 is 11.7 Å². The maximum absolute atomic E-state index is 13.1. The number of carbonyl (C=O) groups is 1. The van der Waals surface area contributed by atoms with E-state index in [4.69, 9.17) is 16.0 Å². The molecule has 0 radical (unpaired) electrons. The van der Waals surface area contributed by atoms with Gasteiger partial charge in [-0.05, 0) is 42.7 Å². The Hall–Kier alpha value is -2.58. The van der Waals surface area contributed by atoms with Crippen molar-refractivity contribution in [2.24, 2.45) is 5.92 Å². The summed E-state index contributed by atoms with van der Waals surface area (Å²) >= 11 is 5.67. The van der Waals surface area contributed by atoms with Gasteiger partial charge < -0.3 is 9.73 Å². The highest BCUT2D eigenvalue weighted by atomic mass is 35.5. The highest BCUT2D eigenvalue weighted by Gasteiger charge is 2.36. The average Bonchev–Trinajstić information content (AvgIpc) is 3.09. The molecule has 0 bridgehead atoms. The summed E-state index contributed by atoms with van der Waals surface area (Å²) in [4.78, 5) is 12.2. The fraction of sp³-hybridized carbons (Fsp3) is 0.222. The Balaban J connectivity index is 1.75. The molecule has 1 aromatic carbocycles. The van der Waals surface area contributed by atoms with Crippen LogP contribution in [-0.2, 0) is 4.79 Å². The maximum Gasteiger partial charge on any atom is 0.266 e. The molecule has 2 aromatic rings. The number of nitrogens with zero attached hydrogens (tertiary/aromatic N) is 1. The van der Waals surface area contributed by atoms with Gasteiger partial charge in [-0.25, -0.2) is 4.39 Å². The first-order valence-electron chi connectivity index (χ1n) is 7.46. The second-order valence-corrected chi connectivity index (χ2v) is 6.22. The predicted molar refractivity (Wildman–Crippen MR) is 88.9 cm³/mol. The molecule has 1 aliphatic carbocycles. The third-order valence-corrected chi connectivity index (χ3v) is 4.24. The van der Waals surface area contributed by atoms with E-state index in [1.54, 1.807) is 6.07 Å². The molecular formula is C18H14ClFN2O2. The van der Waals surface area contributed by atoms with E-state index in [2.05, 4.69) is 12.2 Å². The van der Waals surface area contributed by atoms with E-state index in [1.807, 2.05) is 12.1 Å². The summed E-state index contributed by atoms with van der Waals surface area (Å²) in [6, 6.07) is 9.24. The monoisotopic (exact) mass is 344 g/mol. The number of halogens is 2. The molecule has 2 atom stereocenters. The largest absolute Gasteiger partial charge is 0.461 e. The zero-order valence-electron chi connectivity index (χ0n) is 12.8. The number of nitrogens with one attached hydrogen (secondary N) is 1. The summed E-state index contributed by atoms with van der Waals surface area (Å²) in [5, 5.41) is 11.6. The van der Waals surface area contributed by atoms with Gasteiger partial charge in [0.05, 0.1) is 5.02 Å². The van der Waals surface area contributed by atoms with E-state index in [1.165, 1.54) is 18.2 Å². The van der Waals surface area contributed by atoms with Gasteiger partial charge in [-0.3, -0.25) is 4.79 Å². The number of hydrogen-bond donors (Lipinski definition) is 1. The number of anilines is 1. The smallest absolute Gasteiger partial charge is 0.266 e. The van der Waals surface area contributed by atoms with Crippen LogP contribution < -0.4 is 5.32 Å². The second-order valence-electron chi connectivity index (χ2n) is 5.81. The van der Waals surface area contributed by atoms with Gasteiger partial charge in [0, 0.05) is 17.7 Å². The molecule has 0 saturated heterocycles. The topological polar surface area (TPSA) is 66.0 Å². The summed E-state index contributed by atoms with van der Waals surface area (Å²) in [7, 11) is 0. The number of furan rings is 1. The van der Waals surface area contributed by atoms with E-state index in [-0.39, 0.29) is 10.6 Å². The second kappa shape index (κ2) is 6.50. The number of nitriles is 1. The third kappa shape index (κ3) is 3.50. The molecule has 1 aromatic heterocycles. The van der Waals surface area contributed by atoms with Crippen molar-refractivity contribution < 1.29 is 13.6 Å². The number of rotatable bonds is 4. The van der Waals surface area contributed by atoms with Crippen LogP contribution in [0.25, 0.3) is 6.08 Å². The lowest BCUT2D eigenvalue weighted by atomic mass is 10.2. The predicted octanol–water partition coefficient (Wildman–Crippen LogP) is 4.74. The van der Waals surface area contributed by atoms with Crippen molar-refractivity contribution in [1.82, 2.24) is 0 Å². The molecule has 3 rings (SSSR count). The van der Waals surface area contributed by atoms with E-state index in [9.17, 15) is 14.4 Å². The van der Waals surface area contributed by atoms with E-state index in [0.29, 0.717) is 23.3 Å². The molecule has 6 heteroatoms. The van der Waals surface area contributed by atoms with Gasteiger partial charge in [-0.15, -0.1) is 0 Å². The van der Waals surface area contributed by atoms with Crippen LogP contribution in [0.15, 0.2) is 40.3 Å². The average molecular weight is 345 g/mol. The van der Waals surface area contributed by atoms with Crippen LogP contribution in [0.2, 0.25) is 5.02 Å². The van der Waals surface area contributed by atoms with Crippen LogP contribution in [0.3, 0.4) is 0 Å². The molecule has 1 aliphatic rings. The Morgan fingerprint density at radius 3 is 2.83 bits per heavy atom. The molecular weight excluding hydrogens is 331 g/mol. The third-order valence-electron chi connectivity index (χ3n) is 3.95. The Morgan fingerprint density at radius 1 is 1.46 bits per heavy atom. The lowest BCUT2D eigenvalue weighted by Crippen LogP contribution is -2.13. The lowest BCUT2D eigenvalue weighted by molar-refractivity contribution is -0.112. The fourth-order valence-corrected chi connectivity index (χ4v) is 2.61. The first-order chi connectivity index (χ1) is 11.5. The number of benzene rings is 1. The van der Waals surface area contributed by atoms with Gasteiger partial charge >= 0.3 is 0 Å². The minimum Gasteiger partial charge on any atom is -0.461 e. The van der Waals surface area contributed by atoms with Crippen molar-refractivity contribution in [2.45, 2.75) is 19.3 Å². The Morgan fingerprint density at radius 2 is 2.21 bits per heavy atom. The van der Waals surface area contributed by atoms with Crippen molar-refractivity contribution in [3.05, 3.63) is 58.3 Å². The summed E-state index contributed by atoms with van der Waals surface area (Å²) < 4.78 is 18.8. The highest BCUT2D eigenvalue weighted by molar-refractivity contribution is 6.31. The first kappa shape index (κ1) is 16.3. The van der Waals surface area contributed by atoms with Gasteiger partial charge in [0.15, 0.2) is 0 Å². The number of hydrogen-bond acceptors (Lipinski definition) is 3. The zero-order valence-corrected chi connectivity index (χ0v) is 13.6. The number of carbonyl (C=O) groups excluding carboxylic acids is 1. The van der Waals surface area contributed by atoms with Crippen molar-refractivity contribution in [3.8, 4) is 6.07 Å². The molecule has 122 valence electrons. The van der Waals surface area contributed by atoms with Crippen molar-refractivity contribution in [2.75, 3.05) is 5.32 Å². The molecule has 1 N–H and O–H groups in total. The molecule has 0 spiro atoms. The van der Waals surface area contributed by atoms with Crippen LogP contribution >= 0.6 is 11.6 Å². The quantitative estimate of drug-likeness (QED) is 0.643. The van der Waals surface area contributed by atoms with Gasteiger partial charge in [0.25, 0.3) is 5.91 Å². The highest BCUT2D eigenvalue weighted by Crippen LogP contribution is 2.47. The normalized spacial score (nSPS) is 19.7. The summed E-state index contributed by atoms with van der Waals surface area (Å²) in [5.41, 5.74) is 0.194. The molecule has 1 fully saturated rings. The van der Waals surface area contributed by atoms with Crippen LogP contribution in [0, 0.1) is 23.1 Å². The summed E-state index contributed by atoms with van der Waals surface area (Å²) in [6.07, 6.45) is 2.48. The summed E-state index contributed by atoms with van der Waals surface area (Å²) in [6.45, 7) is 2.14. The van der Waals surface area contributed by atoms with Gasteiger partial charge in [-0.1, -0.05) is 18.5 Å². The molecule has 1 amide bonds. The van der Waals surface area contributed by atoms with Crippen LogP contribution in [0.1, 0.15) is 30.8 Å². The molecule has 1 heterocycles. The van der Waals surface area contributed by atoms with Crippen LogP contribution in [0.5, 0.6) is 0 Å². The van der Waals surface area contributed by atoms with Crippen molar-refractivity contribution in [1.29, 1.82) is 5.26 Å². The molecule has 4 nitrogen and oxygen atoms in total. The van der Waals surface area contributed by atoms with E-state index in [0.717, 1.165) is 18.2 Å². The number of amides is 1. The van der Waals surface area contributed by atoms with Gasteiger partial charge in [0.1, 0.15) is 29.0 Å². The van der Waals surface area contributed by atoms with Gasteiger partial charge in [0.2, 0.25) is 0 Å². The van der Waals surface area contributed by atoms with Gasteiger partial charge in [-0.2, -0.15) is 5.26 Å². The molecule has 24 heavy (non-hydrogen) atoms.